The van der Waals surface area contributed by atoms with Crippen LogP contribution in [0.1, 0.15) is 30.5 Å². The number of imidazole rings is 1. The molecule has 0 bridgehead atoms. The van der Waals surface area contributed by atoms with Gasteiger partial charge in [-0.1, -0.05) is 0 Å². The predicted octanol–water partition coefficient (Wildman–Crippen LogP) is 0.134. The largest absolute Gasteiger partial charge is 0.493 e. The summed E-state index contributed by atoms with van der Waals surface area (Å²) in [5, 5.41) is 17.6. The Hall–Kier alpha value is -4.48. The third-order valence-electron chi connectivity index (χ3n) is 5.42. The second-order valence-corrected chi connectivity index (χ2v) is 7.96. The molecule has 1 aliphatic carbocycles. The molecule has 12 nitrogen and oxygen atoms in total. The zero-order valence-corrected chi connectivity index (χ0v) is 17.2. The highest BCUT2D eigenvalue weighted by molar-refractivity contribution is 5.94. The summed E-state index contributed by atoms with van der Waals surface area (Å²) < 4.78 is 7.46. The van der Waals surface area contributed by atoms with E-state index in [0.717, 1.165) is 24.1 Å². The van der Waals surface area contributed by atoms with Gasteiger partial charge in [0.2, 0.25) is 11.8 Å². The highest BCUT2D eigenvalue weighted by Crippen LogP contribution is 2.28. The summed E-state index contributed by atoms with van der Waals surface area (Å²) in [7, 11) is 0. The molecular weight excluding hydrogens is 428 g/mol. The van der Waals surface area contributed by atoms with Crippen LogP contribution in [-0.4, -0.2) is 46.6 Å². The van der Waals surface area contributed by atoms with Gasteiger partial charge >= 0.3 is 11.7 Å². The van der Waals surface area contributed by atoms with E-state index in [0.29, 0.717) is 35.1 Å². The lowest BCUT2D eigenvalue weighted by Gasteiger charge is -2.17. The number of hydrogen-bond acceptors (Lipinski definition) is 8. The van der Waals surface area contributed by atoms with Crippen LogP contribution in [0.5, 0.6) is 17.6 Å². The van der Waals surface area contributed by atoms with Crippen LogP contribution < -0.4 is 26.6 Å². The van der Waals surface area contributed by atoms with Crippen LogP contribution in [0, 0.1) is 0 Å². The molecule has 12 heteroatoms. The number of carbonyl (C=O) groups is 1. The van der Waals surface area contributed by atoms with Crippen molar-refractivity contribution in [3.63, 3.8) is 0 Å². The number of aromatic nitrogens is 6. The van der Waals surface area contributed by atoms with Gasteiger partial charge in [-0.2, -0.15) is 19.6 Å². The maximum atomic E-state index is 11.6. The average Bonchev–Trinajstić information content (AvgIpc) is 3.42. The standard InChI is InChI=1S/C21H18N8O4/c30-16-6-1-10-7-13(4-5-14(10)24-16)33-21-26-17-11(8-15-18(31)27-20(32)25-15)9-22-29(17)19(28-21)23-12-2-3-12/h4-5,7-9,12,31H,1-3,6H2,(H,24,30)(H2,25,27,32)/b11-8-,23-19?. The van der Waals surface area contributed by atoms with Gasteiger partial charge in [0, 0.05) is 17.3 Å². The normalized spacial score (nSPS) is 16.8. The van der Waals surface area contributed by atoms with Gasteiger partial charge in [0.1, 0.15) is 11.4 Å². The topological polar surface area (TPSA) is 163 Å². The van der Waals surface area contributed by atoms with Gasteiger partial charge in [-0.15, -0.1) is 0 Å². The van der Waals surface area contributed by atoms with Crippen molar-refractivity contribution in [3.8, 4) is 17.6 Å². The van der Waals surface area contributed by atoms with E-state index in [1.54, 1.807) is 24.4 Å². The number of aromatic hydroxyl groups is 1. The number of fused-ring (bicyclic) bond motifs is 2. The van der Waals surface area contributed by atoms with Gasteiger partial charge in [0.15, 0.2) is 5.65 Å². The molecule has 4 heterocycles. The first-order valence-electron chi connectivity index (χ1n) is 10.4. The van der Waals surface area contributed by atoms with Crippen molar-refractivity contribution < 1.29 is 14.6 Å². The minimum Gasteiger partial charge on any atom is -0.493 e. The molecule has 0 unspecified atom stereocenters. The fourth-order valence-electron chi connectivity index (χ4n) is 3.64. The number of nitrogens with one attached hydrogen (secondary N) is 3. The molecule has 0 atom stereocenters. The number of rotatable bonds is 4. The molecule has 1 aliphatic heterocycles. The van der Waals surface area contributed by atoms with Gasteiger partial charge < -0.3 is 20.1 Å². The third kappa shape index (κ3) is 3.71. The summed E-state index contributed by atoms with van der Waals surface area (Å²) in [6.07, 6.45) is 6.11. The molecular formula is C21H18N8O4. The van der Waals surface area contributed by atoms with Crippen molar-refractivity contribution in [2.45, 2.75) is 31.7 Å². The second kappa shape index (κ2) is 7.29. The molecule has 1 saturated carbocycles. The van der Waals surface area contributed by atoms with Crippen LogP contribution in [0.2, 0.25) is 0 Å². The number of carbonyl (C=O) groups excluding carboxylic acids is 1. The molecule has 0 spiro atoms. The Morgan fingerprint density at radius 3 is 2.85 bits per heavy atom. The number of nitrogens with zero attached hydrogens (tertiary/aromatic N) is 5. The summed E-state index contributed by atoms with van der Waals surface area (Å²) in [5.74, 6) is 0.244. The van der Waals surface area contributed by atoms with Crippen LogP contribution in [0.4, 0.5) is 5.69 Å². The Labute approximate surface area is 184 Å². The Bertz CT molecular complexity index is 1590. The first-order chi connectivity index (χ1) is 16.0. The maximum Gasteiger partial charge on any atom is 0.327 e. The zero-order chi connectivity index (χ0) is 22.5. The predicted molar refractivity (Wildman–Crippen MR) is 115 cm³/mol. The number of benzene rings is 1. The number of hydrogen-bond donors (Lipinski definition) is 4. The van der Waals surface area contributed by atoms with Crippen LogP contribution in [0.25, 0.3) is 11.7 Å². The molecule has 1 amide bonds. The summed E-state index contributed by atoms with van der Waals surface area (Å²) in [6, 6.07) is 5.65. The monoisotopic (exact) mass is 446 g/mol. The average molecular weight is 446 g/mol. The first-order valence-corrected chi connectivity index (χ1v) is 10.4. The van der Waals surface area contributed by atoms with E-state index in [2.05, 4.69) is 35.3 Å². The van der Waals surface area contributed by atoms with Gasteiger partial charge in [-0.05, 0) is 49.1 Å². The lowest BCUT2D eigenvalue weighted by Crippen LogP contribution is -2.23. The lowest BCUT2D eigenvalue weighted by atomic mass is 10.0. The Kier molecular flexibility index (Phi) is 4.25. The molecule has 4 N–H and O–H groups in total. The molecule has 4 aromatic rings. The first kappa shape index (κ1) is 19.2. The number of ether oxygens (including phenoxy) is 1. The molecule has 33 heavy (non-hydrogen) atoms. The lowest BCUT2D eigenvalue weighted by molar-refractivity contribution is -0.116. The molecule has 0 radical (unpaired) electrons. The van der Waals surface area contributed by atoms with Crippen molar-refractivity contribution >= 4 is 23.3 Å². The van der Waals surface area contributed by atoms with E-state index in [1.165, 1.54) is 4.52 Å². The minimum atomic E-state index is -0.526. The van der Waals surface area contributed by atoms with Gasteiger partial charge in [-0.25, -0.2) is 9.79 Å². The number of anilines is 1. The fourth-order valence-corrected chi connectivity index (χ4v) is 3.64. The fraction of sp³-hybridized carbons (Fsp3) is 0.238. The van der Waals surface area contributed by atoms with Crippen molar-refractivity contribution in [3.05, 3.63) is 57.0 Å². The second-order valence-electron chi connectivity index (χ2n) is 7.96. The van der Waals surface area contributed by atoms with E-state index in [4.69, 9.17) is 4.74 Å². The summed E-state index contributed by atoms with van der Waals surface area (Å²) >= 11 is 0. The summed E-state index contributed by atoms with van der Waals surface area (Å²) in [5.41, 5.74) is 2.18. The minimum absolute atomic E-state index is 0.00408. The van der Waals surface area contributed by atoms with E-state index in [1.807, 2.05) is 6.07 Å². The van der Waals surface area contributed by atoms with E-state index >= 15 is 0 Å². The van der Waals surface area contributed by atoms with Crippen molar-refractivity contribution in [1.82, 2.24) is 29.5 Å². The quantitative estimate of drug-likeness (QED) is 0.346. The van der Waals surface area contributed by atoms with Crippen molar-refractivity contribution in [1.29, 1.82) is 0 Å². The number of amides is 1. The Morgan fingerprint density at radius 2 is 2.06 bits per heavy atom. The summed E-state index contributed by atoms with van der Waals surface area (Å²) in [4.78, 5) is 41.4. The van der Waals surface area contributed by atoms with E-state index in [-0.39, 0.29) is 29.5 Å². The Balaban J connectivity index is 1.45. The van der Waals surface area contributed by atoms with Gasteiger partial charge in [0.05, 0.1) is 12.2 Å². The van der Waals surface area contributed by atoms with Gasteiger partial charge in [0.25, 0.3) is 5.62 Å². The number of aryl methyl sites for hydroxylation is 1. The third-order valence-corrected chi connectivity index (χ3v) is 5.42. The molecule has 166 valence electrons. The molecule has 0 saturated heterocycles. The van der Waals surface area contributed by atoms with Crippen LogP contribution in [-0.2, 0) is 11.2 Å². The Morgan fingerprint density at radius 1 is 1.18 bits per heavy atom. The van der Waals surface area contributed by atoms with E-state index < -0.39 is 5.69 Å². The molecule has 1 fully saturated rings. The maximum absolute atomic E-state index is 11.6. The zero-order valence-electron chi connectivity index (χ0n) is 17.2. The van der Waals surface area contributed by atoms with E-state index in [9.17, 15) is 14.7 Å². The molecule has 1 aromatic carbocycles. The molecule has 3 aromatic heterocycles. The summed E-state index contributed by atoms with van der Waals surface area (Å²) in [6.45, 7) is 0. The highest BCUT2D eigenvalue weighted by Gasteiger charge is 2.21. The smallest absolute Gasteiger partial charge is 0.327 e. The van der Waals surface area contributed by atoms with Crippen LogP contribution in [0.3, 0.4) is 0 Å². The molecule has 2 aliphatic rings. The SMILES string of the molecule is O=C1CCc2cc(Oc3nc(=NC4CC4)n4nc/c(=C/c5[nH]c(=O)[nH]c5O)c4n3)ccc2N1. The van der Waals surface area contributed by atoms with Crippen LogP contribution >= 0.6 is 0 Å². The van der Waals surface area contributed by atoms with Crippen molar-refractivity contribution in [2.75, 3.05) is 5.32 Å². The van der Waals surface area contributed by atoms with Gasteiger partial charge in [-0.3, -0.25) is 9.78 Å². The van der Waals surface area contributed by atoms with Crippen molar-refractivity contribution in [2.24, 2.45) is 4.99 Å². The van der Waals surface area contributed by atoms with Crippen LogP contribution in [0.15, 0.2) is 34.2 Å². The number of H-pyrrole nitrogens is 2. The number of aromatic amines is 2. The molecule has 6 rings (SSSR count). The highest BCUT2D eigenvalue weighted by atomic mass is 16.5.